The van der Waals surface area contributed by atoms with Crippen molar-refractivity contribution in [2.24, 2.45) is 10.2 Å². The van der Waals surface area contributed by atoms with Crippen LogP contribution in [0.1, 0.15) is 29.7 Å². The van der Waals surface area contributed by atoms with Crippen LogP contribution < -0.4 is 10.2 Å². The van der Waals surface area contributed by atoms with E-state index in [1.165, 1.54) is 36.7 Å². The first kappa shape index (κ1) is 25.4. The van der Waals surface area contributed by atoms with Crippen LogP contribution in [0.3, 0.4) is 0 Å². The van der Waals surface area contributed by atoms with Crippen LogP contribution in [0.2, 0.25) is 10.0 Å². The van der Waals surface area contributed by atoms with Crippen LogP contribution in [0.5, 0.6) is 11.5 Å². The molecule has 3 rings (SSSR count). The zero-order valence-corrected chi connectivity index (χ0v) is 20.5. The number of phenols is 1. The molecule has 0 aliphatic heterocycles. The van der Waals surface area contributed by atoms with Crippen LogP contribution >= 0.6 is 23.2 Å². The monoisotopic (exact) mass is 521 g/mol. The fraction of sp³-hybridized carbons (Fsp3) is 0.182. The molecule has 0 fully saturated rings. The van der Waals surface area contributed by atoms with Gasteiger partial charge in [-0.2, -0.15) is 5.11 Å². The predicted octanol–water partition coefficient (Wildman–Crippen LogP) is 5.12. The summed E-state index contributed by atoms with van der Waals surface area (Å²) in [5.41, 5.74) is 11.5. The summed E-state index contributed by atoms with van der Waals surface area (Å²) >= 11 is 12.2. The molecule has 178 valence electrons. The van der Waals surface area contributed by atoms with Crippen molar-refractivity contribution >= 4 is 38.9 Å². The van der Waals surface area contributed by atoms with Crippen molar-refractivity contribution in [1.82, 2.24) is 10.4 Å². The molecule has 0 aliphatic carbocycles. The molecule has 34 heavy (non-hydrogen) atoms. The van der Waals surface area contributed by atoms with Gasteiger partial charge in [0.1, 0.15) is 11.5 Å². The maximum atomic E-state index is 11.8. The third-order valence-corrected chi connectivity index (χ3v) is 6.22. The molecule has 0 bridgehead atoms. The van der Waals surface area contributed by atoms with Gasteiger partial charge in [-0.1, -0.05) is 23.2 Å². The summed E-state index contributed by atoms with van der Waals surface area (Å²) in [6, 6.07) is 10.2. The summed E-state index contributed by atoms with van der Waals surface area (Å²) in [6.45, 7) is 1.83. The Morgan fingerprint density at radius 2 is 1.88 bits per heavy atom. The van der Waals surface area contributed by atoms with Gasteiger partial charge in [-0.05, 0) is 55.0 Å². The number of pyridine rings is 1. The second kappa shape index (κ2) is 10.8. The molecule has 1 aromatic heterocycles. The molecule has 3 N–H and O–H groups in total. The molecular formula is C22H21Cl2N5O4S. The van der Waals surface area contributed by atoms with Gasteiger partial charge in [0.15, 0.2) is 9.84 Å². The van der Waals surface area contributed by atoms with Crippen molar-refractivity contribution in [3.63, 3.8) is 0 Å². The highest BCUT2D eigenvalue weighted by Gasteiger charge is 2.18. The summed E-state index contributed by atoms with van der Waals surface area (Å²) in [5, 5.41) is 19.0. The first-order valence-electron chi connectivity index (χ1n) is 9.85. The van der Waals surface area contributed by atoms with Gasteiger partial charge in [0.05, 0.1) is 23.0 Å². The van der Waals surface area contributed by atoms with Gasteiger partial charge in [0, 0.05) is 34.3 Å². The highest BCUT2D eigenvalue weighted by molar-refractivity contribution is 7.90. The van der Waals surface area contributed by atoms with E-state index in [0.29, 0.717) is 26.9 Å². The Labute approximate surface area is 206 Å². The van der Waals surface area contributed by atoms with Crippen LogP contribution in [-0.2, 0) is 16.4 Å². The van der Waals surface area contributed by atoms with E-state index in [0.717, 1.165) is 6.26 Å². The summed E-state index contributed by atoms with van der Waals surface area (Å²) < 4.78 is 29.6. The molecule has 1 atom stereocenters. The number of nitrogens with zero attached hydrogens (tertiary/aromatic N) is 3. The minimum absolute atomic E-state index is 0.0204. The fourth-order valence-electron chi connectivity index (χ4n) is 2.90. The SMILES string of the molecule is CC(N=N)c1cc(Cl)ccc1OC(=NNCc1cncc(S(C)(=O)=O)c1)c1cc(Cl)ccc1O. The zero-order chi connectivity index (χ0) is 24.9. The summed E-state index contributed by atoms with van der Waals surface area (Å²) in [4.78, 5) is 4.03. The molecule has 9 nitrogen and oxygen atoms in total. The number of aromatic hydroxyl groups is 1. The van der Waals surface area contributed by atoms with E-state index in [-0.39, 0.29) is 28.7 Å². The Bertz CT molecular complexity index is 1350. The van der Waals surface area contributed by atoms with Crippen LogP contribution in [-0.4, -0.2) is 30.7 Å². The van der Waals surface area contributed by atoms with E-state index in [1.807, 2.05) is 0 Å². The molecule has 2 aromatic carbocycles. The number of sulfone groups is 1. The molecule has 0 saturated carbocycles. The third-order valence-electron chi connectivity index (χ3n) is 4.67. The molecule has 1 unspecified atom stereocenters. The highest BCUT2D eigenvalue weighted by atomic mass is 35.5. The number of hydrazone groups is 1. The van der Waals surface area contributed by atoms with Gasteiger partial charge < -0.3 is 15.3 Å². The smallest absolute Gasteiger partial charge is 0.247 e. The zero-order valence-electron chi connectivity index (χ0n) is 18.2. The lowest BCUT2D eigenvalue weighted by Crippen LogP contribution is -2.18. The number of benzene rings is 2. The maximum absolute atomic E-state index is 11.8. The minimum atomic E-state index is -3.41. The van der Waals surface area contributed by atoms with E-state index >= 15 is 0 Å². The van der Waals surface area contributed by atoms with Crippen molar-refractivity contribution in [3.8, 4) is 11.5 Å². The summed E-state index contributed by atoms with van der Waals surface area (Å²) in [5.74, 6) is 0.181. The topological polar surface area (TPSA) is 137 Å². The lowest BCUT2D eigenvalue weighted by Gasteiger charge is -2.16. The first-order valence-corrected chi connectivity index (χ1v) is 12.5. The number of phenolic OH excluding ortho intramolecular Hbond substituents is 1. The average molecular weight is 522 g/mol. The average Bonchev–Trinajstić information content (AvgIpc) is 2.80. The van der Waals surface area contributed by atoms with Crippen molar-refractivity contribution < 1.29 is 18.3 Å². The molecule has 0 aliphatic rings. The van der Waals surface area contributed by atoms with Crippen LogP contribution in [0.15, 0.2) is 70.0 Å². The Morgan fingerprint density at radius 3 is 2.59 bits per heavy atom. The van der Waals surface area contributed by atoms with Gasteiger partial charge >= 0.3 is 0 Å². The number of rotatable bonds is 8. The number of hydrogen-bond acceptors (Lipinski definition) is 9. The maximum Gasteiger partial charge on any atom is 0.247 e. The van der Waals surface area contributed by atoms with Gasteiger partial charge in [-0.3, -0.25) is 4.98 Å². The third kappa shape index (κ3) is 6.43. The molecule has 3 aromatic rings. The number of ether oxygens (including phenoxy) is 1. The van der Waals surface area contributed by atoms with Crippen molar-refractivity contribution in [2.45, 2.75) is 24.4 Å². The Kier molecular flexibility index (Phi) is 8.08. The largest absolute Gasteiger partial charge is 0.507 e. The number of nitrogens with one attached hydrogen (secondary N) is 2. The second-order valence-electron chi connectivity index (χ2n) is 7.30. The van der Waals surface area contributed by atoms with Gasteiger partial charge in [-0.25, -0.2) is 13.9 Å². The van der Waals surface area contributed by atoms with Gasteiger partial charge in [-0.15, -0.1) is 5.10 Å². The highest BCUT2D eigenvalue weighted by Crippen LogP contribution is 2.32. The Balaban J connectivity index is 1.97. The standard InChI is InChI=1S/C22H21Cl2N5O4S/c1-13(28-25)18-8-16(24)4-6-21(18)33-22(19-9-15(23)3-5-20(19)30)29-27-11-14-7-17(12-26-10-14)34(2,31)32/h3-10,12-13,25,27,30H,11H2,1-2H3. The Hall–Kier alpha value is -3.21. The van der Waals surface area contributed by atoms with E-state index in [2.05, 4.69) is 20.6 Å². The molecule has 0 spiro atoms. The van der Waals surface area contributed by atoms with Crippen LogP contribution in [0.25, 0.3) is 0 Å². The molecule has 1 heterocycles. The van der Waals surface area contributed by atoms with Crippen LogP contribution in [0.4, 0.5) is 0 Å². The van der Waals surface area contributed by atoms with Crippen molar-refractivity contribution in [1.29, 1.82) is 5.53 Å². The molecular weight excluding hydrogens is 501 g/mol. The lowest BCUT2D eigenvalue weighted by molar-refractivity contribution is 0.466. The summed E-state index contributed by atoms with van der Waals surface area (Å²) in [7, 11) is -3.41. The van der Waals surface area contributed by atoms with E-state index in [4.69, 9.17) is 33.5 Å². The molecule has 0 radical (unpaired) electrons. The van der Waals surface area contributed by atoms with E-state index in [9.17, 15) is 13.5 Å². The number of aromatic nitrogens is 1. The van der Waals surface area contributed by atoms with Gasteiger partial charge in [0.2, 0.25) is 5.90 Å². The molecule has 12 heteroatoms. The number of hydrogen-bond donors (Lipinski definition) is 3. The molecule has 0 saturated heterocycles. The number of halogens is 2. The normalized spacial score (nSPS) is 12.8. The van der Waals surface area contributed by atoms with E-state index in [1.54, 1.807) is 25.1 Å². The second-order valence-corrected chi connectivity index (χ2v) is 10.2. The summed E-state index contributed by atoms with van der Waals surface area (Å²) in [6.07, 6.45) is 3.87. The van der Waals surface area contributed by atoms with Gasteiger partial charge in [0.25, 0.3) is 0 Å². The minimum Gasteiger partial charge on any atom is -0.507 e. The quantitative estimate of drug-likeness (QED) is 0.163. The van der Waals surface area contributed by atoms with Crippen molar-refractivity contribution in [2.75, 3.05) is 6.26 Å². The van der Waals surface area contributed by atoms with E-state index < -0.39 is 15.9 Å². The lowest BCUT2D eigenvalue weighted by atomic mass is 10.1. The predicted molar refractivity (Wildman–Crippen MR) is 129 cm³/mol. The first-order chi connectivity index (χ1) is 16.1. The van der Waals surface area contributed by atoms with Crippen molar-refractivity contribution in [3.05, 3.63) is 81.6 Å². The molecule has 0 amide bonds. The Morgan fingerprint density at radius 1 is 1.18 bits per heavy atom. The van der Waals surface area contributed by atoms with Crippen LogP contribution in [0, 0.1) is 5.53 Å². The fourth-order valence-corrected chi connectivity index (χ4v) is 3.87.